The Morgan fingerprint density at radius 2 is 1.96 bits per heavy atom. The molecule has 1 aliphatic heterocycles. The van der Waals surface area contributed by atoms with Gasteiger partial charge in [0.15, 0.2) is 5.17 Å². The van der Waals surface area contributed by atoms with Crippen LogP contribution in [-0.4, -0.2) is 22.2 Å². The van der Waals surface area contributed by atoms with Gasteiger partial charge in [0.05, 0.1) is 11.3 Å². The fourth-order valence-electron chi connectivity index (χ4n) is 2.54. The number of nitrogens with zero attached hydrogens (tertiary/aromatic N) is 1. The zero-order valence-corrected chi connectivity index (χ0v) is 15.5. The number of hydrogen-bond donors (Lipinski definition) is 2. The minimum Gasteiger partial charge on any atom is -0.326 e. The molecule has 0 spiro atoms. The number of thioether (sulfide) groups is 1. The molecular weight excluding hydrogens is 391 g/mol. The molecule has 3 rings (SSSR count). The lowest BCUT2D eigenvalue weighted by molar-refractivity contribution is -0.137. The molecule has 2 aromatic rings. The van der Waals surface area contributed by atoms with Crippen LogP contribution in [0.1, 0.15) is 17.5 Å². The Kier molecular flexibility index (Phi) is 5.73. The second kappa shape index (κ2) is 8.05. The SMILES string of the molecule is Cc1ccccc1NC(=O)C[C@H]1SC(=Nc2cccc(C(F)(F)F)c2)NC1=O. The molecule has 146 valence electrons. The Labute approximate surface area is 163 Å². The number of aliphatic imine (C=N–C) groups is 1. The summed E-state index contributed by atoms with van der Waals surface area (Å²) in [5.74, 6) is -0.738. The van der Waals surface area contributed by atoms with Gasteiger partial charge in [-0.25, -0.2) is 4.99 Å². The van der Waals surface area contributed by atoms with E-state index in [0.717, 1.165) is 29.5 Å². The summed E-state index contributed by atoms with van der Waals surface area (Å²) in [7, 11) is 0. The molecule has 0 aromatic heterocycles. The Balaban J connectivity index is 1.66. The second-order valence-electron chi connectivity index (χ2n) is 6.13. The zero-order valence-electron chi connectivity index (χ0n) is 14.7. The minimum absolute atomic E-state index is 0.0719. The van der Waals surface area contributed by atoms with Gasteiger partial charge in [-0.15, -0.1) is 0 Å². The van der Waals surface area contributed by atoms with Crippen LogP contribution in [0.5, 0.6) is 0 Å². The van der Waals surface area contributed by atoms with Crippen LogP contribution in [0, 0.1) is 6.92 Å². The van der Waals surface area contributed by atoms with Crippen molar-refractivity contribution >= 4 is 40.1 Å². The average molecular weight is 407 g/mol. The number of amidine groups is 1. The number of para-hydroxylation sites is 1. The van der Waals surface area contributed by atoms with Crippen molar-refractivity contribution in [2.45, 2.75) is 24.8 Å². The van der Waals surface area contributed by atoms with Gasteiger partial charge in [0, 0.05) is 12.1 Å². The molecule has 28 heavy (non-hydrogen) atoms. The van der Waals surface area contributed by atoms with Crippen LogP contribution in [0.3, 0.4) is 0 Å². The standard InChI is InChI=1S/C19H16F3N3O2S/c1-11-5-2-3-8-14(11)24-16(26)10-15-17(27)25-18(28-15)23-13-7-4-6-12(9-13)19(20,21)22/h2-9,15H,10H2,1H3,(H,24,26)(H,23,25,27)/t15-/m1/s1. The van der Waals surface area contributed by atoms with E-state index in [1.54, 1.807) is 12.1 Å². The molecule has 2 aromatic carbocycles. The number of rotatable bonds is 4. The highest BCUT2D eigenvalue weighted by atomic mass is 32.2. The molecule has 0 bridgehead atoms. The Morgan fingerprint density at radius 1 is 1.21 bits per heavy atom. The van der Waals surface area contributed by atoms with E-state index in [0.29, 0.717) is 5.69 Å². The first-order chi connectivity index (χ1) is 13.2. The van der Waals surface area contributed by atoms with Crippen molar-refractivity contribution in [1.29, 1.82) is 0 Å². The number of carbonyl (C=O) groups is 2. The van der Waals surface area contributed by atoms with E-state index < -0.39 is 22.9 Å². The number of anilines is 1. The number of alkyl halides is 3. The van der Waals surface area contributed by atoms with Crippen LogP contribution in [0.25, 0.3) is 0 Å². The number of nitrogens with one attached hydrogen (secondary N) is 2. The highest BCUT2D eigenvalue weighted by Gasteiger charge is 2.33. The smallest absolute Gasteiger partial charge is 0.326 e. The summed E-state index contributed by atoms with van der Waals surface area (Å²) >= 11 is 1.02. The van der Waals surface area contributed by atoms with Crippen molar-refractivity contribution in [3.63, 3.8) is 0 Å². The van der Waals surface area contributed by atoms with Crippen LogP contribution in [0.4, 0.5) is 24.5 Å². The molecule has 0 unspecified atom stereocenters. The van der Waals surface area contributed by atoms with Gasteiger partial charge < -0.3 is 10.6 Å². The Bertz CT molecular complexity index is 944. The first kappa shape index (κ1) is 19.9. The largest absolute Gasteiger partial charge is 0.416 e. The third kappa shape index (κ3) is 4.92. The van der Waals surface area contributed by atoms with Crippen LogP contribution in [0.2, 0.25) is 0 Å². The van der Waals surface area contributed by atoms with Crippen molar-refractivity contribution < 1.29 is 22.8 Å². The van der Waals surface area contributed by atoms with Crippen molar-refractivity contribution in [3.05, 3.63) is 59.7 Å². The average Bonchev–Trinajstić information content (AvgIpc) is 2.95. The molecule has 0 radical (unpaired) electrons. The van der Waals surface area contributed by atoms with Crippen LogP contribution in [-0.2, 0) is 15.8 Å². The molecule has 1 heterocycles. The lowest BCUT2D eigenvalue weighted by Gasteiger charge is -2.09. The molecule has 2 amide bonds. The maximum absolute atomic E-state index is 12.8. The fraction of sp³-hybridized carbons (Fsp3) is 0.211. The monoisotopic (exact) mass is 407 g/mol. The summed E-state index contributed by atoms with van der Waals surface area (Å²) in [6.07, 6.45) is -4.55. The van der Waals surface area contributed by atoms with Crippen LogP contribution < -0.4 is 10.6 Å². The number of benzene rings is 2. The van der Waals surface area contributed by atoms with Gasteiger partial charge in [0.1, 0.15) is 5.25 Å². The molecule has 0 aliphatic carbocycles. The van der Waals surface area contributed by atoms with Crippen molar-refractivity contribution in [3.8, 4) is 0 Å². The van der Waals surface area contributed by atoms with Gasteiger partial charge in [-0.2, -0.15) is 13.2 Å². The maximum Gasteiger partial charge on any atom is 0.416 e. The van der Waals surface area contributed by atoms with Gasteiger partial charge in [0.2, 0.25) is 11.8 Å². The van der Waals surface area contributed by atoms with Gasteiger partial charge in [-0.05, 0) is 36.8 Å². The molecule has 1 fully saturated rings. The van der Waals surface area contributed by atoms with Crippen molar-refractivity contribution in [1.82, 2.24) is 5.32 Å². The number of aryl methyl sites for hydroxylation is 1. The number of halogens is 3. The molecule has 9 heteroatoms. The van der Waals surface area contributed by atoms with E-state index in [1.807, 2.05) is 19.1 Å². The molecule has 5 nitrogen and oxygen atoms in total. The van der Waals surface area contributed by atoms with E-state index in [1.165, 1.54) is 12.1 Å². The van der Waals surface area contributed by atoms with E-state index >= 15 is 0 Å². The number of amides is 2. The molecule has 1 aliphatic rings. The third-order valence-corrected chi connectivity index (χ3v) is 5.05. The quantitative estimate of drug-likeness (QED) is 0.796. The first-order valence-corrected chi connectivity index (χ1v) is 9.19. The van der Waals surface area contributed by atoms with Gasteiger partial charge >= 0.3 is 6.18 Å². The van der Waals surface area contributed by atoms with E-state index in [2.05, 4.69) is 15.6 Å². The Morgan fingerprint density at radius 3 is 2.68 bits per heavy atom. The summed E-state index contributed by atoms with van der Waals surface area (Å²) in [5, 5.41) is 4.72. The molecular formula is C19H16F3N3O2S. The summed E-state index contributed by atoms with van der Waals surface area (Å²) in [4.78, 5) is 28.4. The Hall–Kier alpha value is -2.81. The lowest BCUT2D eigenvalue weighted by Crippen LogP contribution is -2.28. The fourth-order valence-corrected chi connectivity index (χ4v) is 3.53. The molecule has 0 saturated carbocycles. The predicted octanol–water partition coefficient (Wildman–Crippen LogP) is 4.26. The predicted molar refractivity (Wildman–Crippen MR) is 102 cm³/mol. The normalized spacial score (nSPS) is 18.2. The minimum atomic E-state index is -4.47. The third-order valence-electron chi connectivity index (χ3n) is 3.97. The van der Waals surface area contributed by atoms with Crippen molar-refractivity contribution in [2.75, 3.05) is 5.32 Å². The molecule has 2 N–H and O–H groups in total. The summed E-state index contributed by atoms with van der Waals surface area (Å²) < 4.78 is 38.4. The highest BCUT2D eigenvalue weighted by Crippen LogP contribution is 2.32. The van der Waals surface area contributed by atoms with E-state index in [9.17, 15) is 22.8 Å². The van der Waals surface area contributed by atoms with Gasteiger partial charge in [-0.1, -0.05) is 36.0 Å². The summed E-state index contributed by atoms with van der Waals surface area (Å²) in [6.45, 7) is 1.85. The first-order valence-electron chi connectivity index (χ1n) is 8.31. The summed E-state index contributed by atoms with van der Waals surface area (Å²) in [6, 6.07) is 11.8. The topological polar surface area (TPSA) is 70.6 Å². The lowest BCUT2D eigenvalue weighted by atomic mass is 10.2. The maximum atomic E-state index is 12.8. The summed E-state index contributed by atoms with van der Waals surface area (Å²) in [5.41, 5.74) is 0.806. The number of hydrogen-bond acceptors (Lipinski definition) is 4. The van der Waals surface area contributed by atoms with Crippen molar-refractivity contribution in [2.24, 2.45) is 4.99 Å². The van der Waals surface area contributed by atoms with Crippen LogP contribution in [0.15, 0.2) is 53.5 Å². The van der Waals surface area contributed by atoms with Gasteiger partial charge in [0.25, 0.3) is 0 Å². The number of carbonyl (C=O) groups excluding carboxylic acids is 2. The second-order valence-corrected chi connectivity index (χ2v) is 7.32. The van der Waals surface area contributed by atoms with Crippen LogP contribution >= 0.6 is 11.8 Å². The van der Waals surface area contributed by atoms with E-state index in [-0.39, 0.29) is 23.2 Å². The molecule has 1 saturated heterocycles. The van der Waals surface area contributed by atoms with E-state index in [4.69, 9.17) is 0 Å². The zero-order chi connectivity index (χ0) is 20.3. The van der Waals surface area contributed by atoms with Gasteiger partial charge in [-0.3, -0.25) is 9.59 Å². The molecule has 1 atom stereocenters. The highest BCUT2D eigenvalue weighted by molar-refractivity contribution is 8.15.